The zero-order chi connectivity index (χ0) is 39.3. The van der Waals surface area contributed by atoms with Gasteiger partial charge in [-0.25, -0.2) is 9.97 Å². The van der Waals surface area contributed by atoms with Crippen LogP contribution in [0.2, 0.25) is 0 Å². The van der Waals surface area contributed by atoms with E-state index in [1.807, 2.05) is 0 Å². The zero-order valence-corrected chi connectivity index (χ0v) is 32.4. The smallest absolute Gasteiger partial charge is 0.160 e. The molecule has 0 saturated carbocycles. The molecule has 1 unspecified atom stereocenters. The third-order valence-corrected chi connectivity index (χ3v) is 11.9. The molecule has 1 atom stereocenters. The fourth-order valence-electron chi connectivity index (χ4n) is 8.95. The summed E-state index contributed by atoms with van der Waals surface area (Å²) in [4.78, 5) is 10.5. The Morgan fingerprint density at radius 2 is 0.847 bits per heavy atom. The van der Waals surface area contributed by atoms with E-state index in [1.165, 1.54) is 60.1 Å². The zero-order valence-electron chi connectivity index (χ0n) is 32.4. The SMILES string of the molecule is C=C1c2ccc3ccccc3c2C(c2ccc(-c3ccc(-c4nc(-c5cccc6ccccc56)cc(-c5cccc6ccccc56)n4)cc3)cc2)=CC1c1ccccc1. The van der Waals surface area contributed by atoms with Crippen LogP contribution in [-0.4, -0.2) is 9.97 Å². The van der Waals surface area contributed by atoms with Gasteiger partial charge >= 0.3 is 0 Å². The van der Waals surface area contributed by atoms with Crippen LogP contribution in [0.4, 0.5) is 0 Å². The molecule has 1 aromatic heterocycles. The predicted molar refractivity (Wildman–Crippen MR) is 248 cm³/mol. The summed E-state index contributed by atoms with van der Waals surface area (Å²) >= 11 is 0. The fourth-order valence-corrected chi connectivity index (χ4v) is 8.95. The molecule has 10 aromatic rings. The lowest BCUT2D eigenvalue weighted by Gasteiger charge is -2.28. The van der Waals surface area contributed by atoms with E-state index in [1.54, 1.807) is 0 Å². The number of fused-ring (bicyclic) bond motifs is 5. The molecular formula is C57H38N2. The average Bonchev–Trinajstić information content (AvgIpc) is 3.31. The van der Waals surface area contributed by atoms with E-state index in [2.05, 4.69) is 219 Å². The van der Waals surface area contributed by atoms with Crippen LogP contribution >= 0.6 is 0 Å². The number of hydrogen-bond donors (Lipinski definition) is 0. The molecular weight excluding hydrogens is 713 g/mol. The first-order valence-corrected chi connectivity index (χ1v) is 20.2. The third kappa shape index (κ3) is 6.14. The van der Waals surface area contributed by atoms with E-state index in [4.69, 9.17) is 9.97 Å². The molecule has 0 saturated heterocycles. The van der Waals surface area contributed by atoms with Crippen LogP contribution in [0.5, 0.6) is 0 Å². The normalized spacial score (nSPS) is 13.7. The van der Waals surface area contributed by atoms with Crippen LogP contribution in [-0.2, 0) is 0 Å². The Bertz CT molecular complexity index is 3160. The van der Waals surface area contributed by atoms with Gasteiger partial charge in [0.2, 0.25) is 0 Å². The van der Waals surface area contributed by atoms with Gasteiger partial charge in [-0.15, -0.1) is 0 Å². The van der Waals surface area contributed by atoms with Gasteiger partial charge in [-0.3, -0.25) is 0 Å². The van der Waals surface area contributed by atoms with Crippen LogP contribution in [0.25, 0.3) is 88.5 Å². The maximum Gasteiger partial charge on any atom is 0.160 e. The molecule has 1 aliphatic rings. The van der Waals surface area contributed by atoms with Crippen LogP contribution in [0.3, 0.4) is 0 Å². The van der Waals surface area contributed by atoms with Gasteiger partial charge in [0.15, 0.2) is 5.82 Å². The van der Waals surface area contributed by atoms with Gasteiger partial charge < -0.3 is 0 Å². The molecule has 0 aliphatic heterocycles. The highest BCUT2D eigenvalue weighted by atomic mass is 14.9. The van der Waals surface area contributed by atoms with E-state index in [0.29, 0.717) is 5.82 Å². The van der Waals surface area contributed by atoms with Gasteiger partial charge in [-0.1, -0.05) is 213 Å². The van der Waals surface area contributed by atoms with Crippen molar-refractivity contribution in [3.63, 3.8) is 0 Å². The van der Waals surface area contributed by atoms with Crippen LogP contribution < -0.4 is 0 Å². The van der Waals surface area contributed by atoms with Crippen molar-refractivity contribution in [2.75, 3.05) is 0 Å². The first-order valence-electron chi connectivity index (χ1n) is 20.2. The van der Waals surface area contributed by atoms with Crippen molar-refractivity contribution in [1.82, 2.24) is 9.97 Å². The molecule has 276 valence electrons. The summed E-state index contributed by atoms with van der Waals surface area (Å²) in [5.41, 5.74) is 14.5. The van der Waals surface area contributed by atoms with Crippen molar-refractivity contribution >= 4 is 43.5 Å². The summed E-state index contributed by atoms with van der Waals surface area (Å²) in [5.74, 6) is 0.791. The Labute approximate surface area is 344 Å². The van der Waals surface area contributed by atoms with Crippen molar-refractivity contribution in [3.05, 3.63) is 241 Å². The molecule has 0 N–H and O–H groups in total. The Morgan fingerprint density at radius 1 is 0.373 bits per heavy atom. The second-order valence-electron chi connectivity index (χ2n) is 15.4. The topological polar surface area (TPSA) is 25.8 Å². The lowest BCUT2D eigenvalue weighted by molar-refractivity contribution is 1.09. The molecule has 9 aromatic carbocycles. The average molecular weight is 751 g/mol. The van der Waals surface area contributed by atoms with Gasteiger partial charge in [0, 0.05) is 22.6 Å². The molecule has 0 radical (unpaired) electrons. The third-order valence-electron chi connectivity index (χ3n) is 11.9. The quantitative estimate of drug-likeness (QED) is 0.169. The maximum absolute atomic E-state index is 5.25. The number of hydrogen-bond acceptors (Lipinski definition) is 2. The minimum atomic E-state index is 0.0922. The predicted octanol–water partition coefficient (Wildman–Crippen LogP) is 14.8. The lowest BCUT2D eigenvalue weighted by atomic mass is 9.75. The van der Waals surface area contributed by atoms with Crippen molar-refractivity contribution in [2.24, 2.45) is 0 Å². The fraction of sp³-hybridized carbons (Fsp3) is 0.0175. The van der Waals surface area contributed by atoms with Crippen LogP contribution in [0, 0.1) is 0 Å². The number of nitrogens with zero attached hydrogens (tertiary/aromatic N) is 2. The van der Waals surface area contributed by atoms with Gasteiger partial charge in [0.1, 0.15) is 0 Å². The first-order chi connectivity index (χ1) is 29.2. The second-order valence-corrected chi connectivity index (χ2v) is 15.4. The summed E-state index contributed by atoms with van der Waals surface area (Å²) in [5, 5.41) is 7.19. The molecule has 1 heterocycles. The Balaban J connectivity index is 0.979. The van der Waals surface area contributed by atoms with E-state index < -0.39 is 0 Å². The van der Waals surface area contributed by atoms with Gasteiger partial charge in [0.25, 0.3) is 0 Å². The Morgan fingerprint density at radius 3 is 1.44 bits per heavy atom. The summed E-state index contributed by atoms with van der Waals surface area (Å²) < 4.78 is 0. The molecule has 59 heavy (non-hydrogen) atoms. The highest BCUT2D eigenvalue weighted by molar-refractivity contribution is 6.06. The minimum Gasteiger partial charge on any atom is -0.228 e. The Kier molecular flexibility index (Phi) is 8.41. The molecule has 2 nitrogen and oxygen atoms in total. The molecule has 0 spiro atoms. The summed E-state index contributed by atoms with van der Waals surface area (Å²) in [6.07, 6.45) is 2.41. The number of aromatic nitrogens is 2. The number of rotatable bonds is 6. The van der Waals surface area contributed by atoms with Crippen molar-refractivity contribution in [1.29, 1.82) is 0 Å². The second kappa shape index (κ2) is 14.4. The van der Waals surface area contributed by atoms with Crippen molar-refractivity contribution < 1.29 is 0 Å². The monoisotopic (exact) mass is 750 g/mol. The van der Waals surface area contributed by atoms with Gasteiger partial charge in [-0.05, 0) is 82.9 Å². The largest absolute Gasteiger partial charge is 0.228 e. The molecule has 0 fully saturated rings. The van der Waals surface area contributed by atoms with Crippen molar-refractivity contribution in [2.45, 2.75) is 5.92 Å². The molecule has 11 rings (SSSR count). The van der Waals surface area contributed by atoms with E-state index >= 15 is 0 Å². The van der Waals surface area contributed by atoms with E-state index in [9.17, 15) is 0 Å². The van der Waals surface area contributed by atoms with E-state index in [-0.39, 0.29) is 5.92 Å². The van der Waals surface area contributed by atoms with Crippen LogP contribution in [0.15, 0.2) is 219 Å². The molecule has 0 amide bonds. The molecule has 0 bridgehead atoms. The van der Waals surface area contributed by atoms with E-state index in [0.717, 1.165) is 44.8 Å². The minimum absolute atomic E-state index is 0.0922. The first kappa shape index (κ1) is 34.6. The van der Waals surface area contributed by atoms with Gasteiger partial charge in [-0.2, -0.15) is 0 Å². The van der Waals surface area contributed by atoms with Crippen molar-refractivity contribution in [3.8, 4) is 45.0 Å². The standard InChI is InChI=1S/C57H38N2/c1-37-46-34-33-43-17-7-10-22-49(43)56(46)53(35-52(37)42-13-3-2-4-14-42)44-29-25-38(26-30-44)39-27-31-45(32-28-39)57-58-54(50-23-11-18-40-15-5-8-20-47(40)50)36-55(59-57)51-24-12-19-41-16-6-9-21-48(41)51/h2-36,52H,1H2. The highest BCUT2D eigenvalue weighted by Gasteiger charge is 2.27. The summed E-state index contributed by atoms with van der Waals surface area (Å²) in [6.45, 7) is 4.64. The lowest BCUT2D eigenvalue weighted by Crippen LogP contribution is -2.09. The number of benzene rings is 9. The Hall–Kier alpha value is -7.68. The van der Waals surface area contributed by atoms with Gasteiger partial charge in [0.05, 0.1) is 11.4 Å². The molecule has 1 aliphatic carbocycles. The summed E-state index contributed by atoms with van der Waals surface area (Å²) in [6, 6.07) is 73.6. The highest BCUT2D eigenvalue weighted by Crippen LogP contribution is 2.47. The number of allylic oxidation sites excluding steroid dienone is 2. The maximum atomic E-state index is 5.25. The summed E-state index contributed by atoms with van der Waals surface area (Å²) in [7, 11) is 0. The van der Waals surface area contributed by atoms with Crippen LogP contribution in [0.1, 0.15) is 28.2 Å². The molecule has 2 heteroatoms.